The first-order valence-electron chi connectivity index (χ1n) is 8.93. The standard InChI is InChI=1S/C22H19ClO4S/c1-15-8-10-20(11-9-15)28(24,25)26-14-19-13-17-5-3-7-21(22(17)27-19)16-4-2-6-18(23)12-16/h2-12,19H,13-14H2,1H3. The Hall–Kier alpha value is -2.34. The number of halogens is 1. The molecule has 0 saturated heterocycles. The second kappa shape index (κ2) is 7.59. The van der Waals surface area contributed by atoms with Crippen molar-refractivity contribution in [2.45, 2.75) is 24.3 Å². The minimum absolute atomic E-state index is 0.0418. The van der Waals surface area contributed by atoms with E-state index in [2.05, 4.69) is 0 Å². The van der Waals surface area contributed by atoms with Crippen molar-refractivity contribution in [3.63, 3.8) is 0 Å². The van der Waals surface area contributed by atoms with E-state index in [4.69, 9.17) is 20.5 Å². The minimum Gasteiger partial charge on any atom is -0.487 e. The third-order valence-corrected chi connectivity index (χ3v) is 6.21. The molecular weight excluding hydrogens is 396 g/mol. The van der Waals surface area contributed by atoms with Crippen LogP contribution in [0.5, 0.6) is 5.75 Å². The number of hydrogen-bond acceptors (Lipinski definition) is 4. The van der Waals surface area contributed by atoms with E-state index in [1.54, 1.807) is 24.3 Å². The van der Waals surface area contributed by atoms with Gasteiger partial charge in [0.2, 0.25) is 0 Å². The van der Waals surface area contributed by atoms with Crippen molar-refractivity contribution in [2.24, 2.45) is 0 Å². The van der Waals surface area contributed by atoms with E-state index in [-0.39, 0.29) is 17.6 Å². The van der Waals surface area contributed by atoms with Gasteiger partial charge in [0.25, 0.3) is 10.1 Å². The summed E-state index contributed by atoms with van der Waals surface area (Å²) in [5.74, 6) is 0.756. The first kappa shape index (κ1) is 19.0. The molecule has 0 fully saturated rings. The highest BCUT2D eigenvalue weighted by Crippen LogP contribution is 2.39. The van der Waals surface area contributed by atoms with Crippen molar-refractivity contribution in [3.8, 4) is 16.9 Å². The smallest absolute Gasteiger partial charge is 0.297 e. The Morgan fingerprint density at radius 3 is 2.57 bits per heavy atom. The van der Waals surface area contributed by atoms with Gasteiger partial charge in [-0.15, -0.1) is 0 Å². The normalized spacial score (nSPS) is 15.9. The van der Waals surface area contributed by atoms with E-state index >= 15 is 0 Å². The molecular formula is C22H19ClO4S. The molecule has 1 unspecified atom stereocenters. The van der Waals surface area contributed by atoms with Crippen molar-refractivity contribution in [1.82, 2.24) is 0 Å². The summed E-state index contributed by atoms with van der Waals surface area (Å²) in [6.45, 7) is 1.86. The van der Waals surface area contributed by atoms with Crippen molar-refractivity contribution < 1.29 is 17.3 Å². The fraction of sp³-hybridized carbons (Fsp3) is 0.182. The fourth-order valence-electron chi connectivity index (χ4n) is 3.25. The van der Waals surface area contributed by atoms with Crippen molar-refractivity contribution in [3.05, 3.63) is 82.9 Å². The van der Waals surface area contributed by atoms with Gasteiger partial charge in [0.05, 0.1) is 4.90 Å². The third kappa shape index (κ3) is 3.92. The molecule has 1 atom stereocenters. The van der Waals surface area contributed by atoms with E-state index in [1.807, 2.05) is 49.4 Å². The molecule has 1 aliphatic heterocycles. The van der Waals surface area contributed by atoms with Crippen LogP contribution in [-0.2, 0) is 20.7 Å². The van der Waals surface area contributed by atoms with Crippen LogP contribution in [0, 0.1) is 6.92 Å². The molecule has 0 aliphatic carbocycles. The van der Waals surface area contributed by atoms with Crippen molar-refractivity contribution >= 4 is 21.7 Å². The molecule has 0 amide bonds. The molecule has 3 aromatic carbocycles. The predicted octanol–water partition coefficient (Wildman–Crippen LogP) is 5.02. The maximum atomic E-state index is 12.4. The second-order valence-electron chi connectivity index (χ2n) is 6.80. The van der Waals surface area contributed by atoms with Gasteiger partial charge in [-0.1, -0.05) is 59.6 Å². The molecule has 0 aromatic heterocycles. The Morgan fingerprint density at radius 1 is 1.07 bits per heavy atom. The van der Waals surface area contributed by atoms with Gasteiger partial charge in [0.1, 0.15) is 18.5 Å². The van der Waals surface area contributed by atoms with Crippen molar-refractivity contribution in [2.75, 3.05) is 6.61 Å². The molecule has 1 aliphatic rings. The van der Waals surface area contributed by atoms with Crippen LogP contribution >= 0.6 is 11.6 Å². The zero-order chi connectivity index (χ0) is 19.7. The van der Waals surface area contributed by atoms with Gasteiger partial charge < -0.3 is 4.74 Å². The Bertz CT molecular complexity index is 1110. The average molecular weight is 415 g/mol. The summed E-state index contributed by atoms with van der Waals surface area (Å²) < 4.78 is 36.1. The van der Waals surface area contributed by atoms with Gasteiger partial charge in [-0.25, -0.2) is 0 Å². The monoisotopic (exact) mass is 414 g/mol. The predicted molar refractivity (Wildman–Crippen MR) is 109 cm³/mol. The van der Waals surface area contributed by atoms with E-state index in [0.29, 0.717) is 11.4 Å². The van der Waals surface area contributed by atoms with Crippen LogP contribution in [0.1, 0.15) is 11.1 Å². The zero-order valence-corrected chi connectivity index (χ0v) is 16.8. The maximum Gasteiger partial charge on any atom is 0.297 e. The number of benzene rings is 3. The maximum absolute atomic E-state index is 12.4. The lowest BCUT2D eigenvalue weighted by molar-refractivity contribution is 0.152. The van der Waals surface area contributed by atoms with Crippen LogP contribution in [0.25, 0.3) is 11.1 Å². The van der Waals surface area contributed by atoms with Crippen molar-refractivity contribution in [1.29, 1.82) is 0 Å². The van der Waals surface area contributed by atoms with E-state index in [0.717, 1.165) is 28.0 Å². The Morgan fingerprint density at radius 2 is 1.82 bits per heavy atom. The summed E-state index contributed by atoms with van der Waals surface area (Å²) in [6, 6.07) is 20.1. The number of para-hydroxylation sites is 1. The molecule has 0 saturated carbocycles. The van der Waals surface area contributed by atoms with Crippen LogP contribution in [0.3, 0.4) is 0 Å². The number of rotatable bonds is 5. The number of ether oxygens (including phenoxy) is 1. The SMILES string of the molecule is Cc1ccc(S(=O)(=O)OCC2Cc3cccc(-c4cccc(Cl)c4)c3O2)cc1. The highest BCUT2D eigenvalue weighted by atomic mass is 35.5. The van der Waals surface area contributed by atoms with Gasteiger partial charge in [0.15, 0.2) is 0 Å². The molecule has 6 heteroatoms. The molecule has 0 bridgehead atoms. The van der Waals surface area contributed by atoms with Gasteiger partial charge in [-0.05, 0) is 42.3 Å². The quantitative estimate of drug-likeness (QED) is 0.550. The number of hydrogen-bond donors (Lipinski definition) is 0. The molecule has 1 heterocycles. The molecule has 0 spiro atoms. The van der Waals surface area contributed by atoms with Gasteiger partial charge in [0, 0.05) is 17.0 Å². The van der Waals surface area contributed by atoms with Gasteiger partial charge in [-0.2, -0.15) is 8.42 Å². The molecule has 4 nitrogen and oxygen atoms in total. The lowest BCUT2D eigenvalue weighted by Crippen LogP contribution is -2.23. The zero-order valence-electron chi connectivity index (χ0n) is 15.3. The summed E-state index contributed by atoms with van der Waals surface area (Å²) in [6.07, 6.45) is 0.225. The molecule has 4 rings (SSSR count). The summed E-state index contributed by atoms with van der Waals surface area (Å²) in [4.78, 5) is 0.147. The van der Waals surface area contributed by atoms with Crippen LogP contribution in [0.2, 0.25) is 5.02 Å². The lowest BCUT2D eigenvalue weighted by atomic mass is 10.0. The second-order valence-corrected chi connectivity index (χ2v) is 8.85. The summed E-state index contributed by atoms with van der Waals surface area (Å²) >= 11 is 6.11. The minimum atomic E-state index is -3.82. The highest BCUT2D eigenvalue weighted by Gasteiger charge is 2.28. The Balaban J connectivity index is 1.50. The topological polar surface area (TPSA) is 52.6 Å². The third-order valence-electron chi connectivity index (χ3n) is 4.68. The first-order valence-corrected chi connectivity index (χ1v) is 10.7. The van der Waals surface area contributed by atoms with E-state index < -0.39 is 10.1 Å². The molecule has 0 radical (unpaired) electrons. The molecule has 144 valence electrons. The number of aryl methyl sites for hydroxylation is 1. The summed E-state index contributed by atoms with van der Waals surface area (Å²) in [5.41, 5.74) is 3.91. The van der Waals surface area contributed by atoms with Gasteiger partial charge in [-0.3, -0.25) is 4.18 Å². The van der Waals surface area contributed by atoms with E-state index in [9.17, 15) is 8.42 Å². The number of fused-ring (bicyclic) bond motifs is 1. The van der Waals surface area contributed by atoms with Crippen LogP contribution in [0.15, 0.2) is 71.6 Å². The van der Waals surface area contributed by atoms with Crippen LogP contribution < -0.4 is 4.74 Å². The molecule has 28 heavy (non-hydrogen) atoms. The summed E-state index contributed by atoms with van der Waals surface area (Å²) in [5, 5.41) is 0.650. The Kier molecular flexibility index (Phi) is 5.15. The molecule has 3 aromatic rings. The largest absolute Gasteiger partial charge is 0.487 e. The Labute approximate surface area is 169 Å². The average Bonchev–Trinajstić information content (AvgIpc) is 3.10. The first-order chi connectivity index (χ1) is 13.4. The molecule has 0 N–H and O–H groups in total. The van der Waals surface area contributed by atoms with Crippen LogP contribution in [0.4, 0.5) is 0 Å². The van der Waals surface area contributed by atoms with Crippen LogP contribution in [-0.4, -0.2) is 21.1 Å². The fourth-order valence-corrected chi connectivity index (χ4v) is 4.38. The van der Waals surface area contributed by atoms with Gasteiger partial charge >= 0.3 is 0 Å². The van der Waals surface area contributed by atoms with E-state index in [1.165, 1.54) is 0 Å². The lowest BCUT2D eigenvalue weighted by Gasteiger charge is -2.13. The highest BCUT2D eigenvalue weighted by molar-refractivity contribution is 7.86. The summed E-state index contributed by atoms with van der Waals surface area (Å²) in [7, 11) is -3.82.